The largest absolute Gasteiger partial charge is 0.478 e. The minimum atomic E-state index is -1.27. The van der Waals surface area contributed by atoms with Crippen LogP contribution in [0.15, 0.2) is 24.3 Å². The third-order valence-corrected chi connectivity index (χ3v) is 1.69. The first-order valence-corrected chi connectivity index (χ1v) is 4.03. The number of aliphatic carboxylic acids is 1. The first-order valence-electron chi connectivity index (χ1n) is 4.03. The monoisotopic (exact) mass is 216 g/mol. The van der Waals surface area contributed by atoms with Gasteiger partial charge in [0, 0.05) is 12.1 Å². The summed E-state index contributed by atoms with van der Waals surface area (Å²) in [6.07, 6.45) is 1.86. The van der Waals surface area contributed by atoms with E-state index in [9.17, 15) is 18.0 Å². The maximum absolute atomic E-state index is 13.0. The Hall–Kier alpha value is -1.78. The Morgan fingerprint density at radius 1 is 1.20 bits per heavy atom. The predicted molar refractivity (Wildman–Crippen MR) is 46.8 cm³/mol. The Morgan fingerprint density at radius 3 is 2.40 bits per heavy atom. The molecule has 0 heterocycles. The van der Waals surface area contributed by atoms with Crippen molar-refractivity contribution >= 4 is 5.97 Å². The van der Waals surface area contributed by atoms with Gasteiger partial charge in [-0.1, -0.05) is 6.08 Å². The molecule has 1 N–H and O–H groups in total. The lowest BCUT2D eigenvalue weighted by Crippen LogP contribution is -1.95. The van der Waals surface area contributed by atoms with E-state index in [2.05, 4.69) is 0 Å². The molecule has 0 spiro atoms. The van der Waals surface area contributed by atoms with E-state index in [1.807, 2.05) is 0 Å². The fourth-order valence-electron chi connectivity index (χ4n) is 1.01. The van der Waals surface area contributed by atoms with Gasteiger partial charge in [0.25, 0.3) is 0 Å². The predicted octanol–water partition coefficient (Wildman–Crippen LogP) is 2.29. The lowest BCUT2D eigenvalue weighted by atomic mass is 10.1. The summed E-state index contributed by atoms with van der Waals surface area (Å²) in [7, 11) is 0. The van der Waals surface area contributed by atoms with E-state index in [1.54, 1.807) is 0 Å². The molecule has 0 radical (unpaired) electrons. The van der Waals surface area contributed by atoms with E-state index in [-0.39, 0.29) is 12.0 Å². The van der Waals surface area contributed by atoms with Gasteiger partial charge >= 0.3 is 5.97 Å². The first kappa shape index (κ1) is 11.3. The molecule has 0 bridgehead atoms. The van der Waals surface area contributed by atoms with E-state index >= 15 is 0 Å². The van der Waals surface area contributed by atoms with Crippen LogP contribution < -0.4 is 0 Å². The van der Waals surface area contributed by atoms with Crippen molar-refractivity contribution in [2.24, 2.45) is 0 Å². The molecule has 1 rings (SSSR count). The van der Waals surface area contributed by atoms with Crippen molar-refractivity contribution in [3.05, 3.63) is 47.3 Å². The van der Waals surface area contributed by atoms with Crippen LogP contribution >= 0.6 is 0 Å². The molecule has 0 unspecified atom stereocenters. The summed E-state index contributed by atoms with van der Waals surface area (Å²) < 4.78 is 38.1. The second kappa shape index (κ2) is 4.63. The minimum Gasteiger partial charge on any atom is -0.478 e. The normalized spacial score (nSPS) is 10.9. The molecule has 15 heavy (non-hydrogen) atoms. The van der Waals surface area contributed by atoms with Crippen LogP contribution in [-0.4, -0.2) is 11.1 Å². The standard InChI is InChI=1S/C10H7F3O2/c11-7-5-9(13)8(12)4-6(7)2-1-3-10(14)15/h1,3-5H,2H2,(H,14,15). The smallest absolute Gasteiger partial charge is 0.327 e. The number of allylic oxidation sites excluding steroid dienone is 1. The average Bonchev–Trinajstić information content (AvgIpc) is 2.13. The Bertz CT molecular complexity index is 413. The maximum atomic E-state index is 13.0. The second-order valence-electron chi connectivity index (χ2n) is 2.80. The fraction of sp³-hybridized carbons (Fsp3) is 0.100. The highest BCUT2D eigenvalue weighted by atomic mass is 19.2. The summed E-state index contributed by atoms with van der Waals surface area (Å²) in [5, 5.41) is 8.24. The van der Waals surface area contributed by atoms with E-state index in [0.717, 1.165) is 12.2 Å². The van der Waals surface area contributed by atoms with Crippen molar-refractivity contribution in [1.29, 1.82) is 0 Å². The van der Waals surface area contributed by atoms with Crippen LogP contribution in [0.25, 0.3) is 0 Å². The summed E-state index contributed by atoms with van der Waals surface area (Å²) >= 11 is 0. The van der Waals surface area contributed by atoms with Gasteiger partial charge in [-0.25, -0.2) is 18.0 Å². The number of hydrogen-bond donors (Lipinski definition) is 1. The zero-order valence-electron chi connectivity index (χ0n) is 7.51. The van der Waals surface area contributed by atoms with Gasteiger partial charge in [-0.2, -0.15) is 0 Å². The first-order chi connectivity index (χ1) is 7.00. The van der Waals surface area contributed by atoms with Crippen molar-refractivity contribution in [2.45, 2.75) is 6.42 Å². The summed E-state index contributed by atoms with van der Waals surface area (Å²) in [5.74, 6) is -4.50. The Kier molecular flexibility index (Phi) is 3.49. The third kappa shape index (κ3) is 3.12. The number of carboxylic acids is 1. The summed E-state index contributed by atoms with van der Waals surface area (Å²) in [4.78, 5) is 10.1. The van der Waals surface area contributed by atoms with Gasteiger partial charge < -0.3 is 5.11 Å². The SMILES string of the molecule is O=C(O)C=CCc1cc(F)c(F)cc1F. The zero-order valence-corrected chi connectivity index (χ0v) is 7.51. The molecule has 5 heteroatoms. The minimum absolute atomic E-state index is 0.0913. The third-order valence-electron chi connectivity index (χ3n) is 1.69. The number of benzene rings is 1. The van der Waals surface area contributed by atoms with Crippen LogP contribution in [0.2, 0.25) is 0 Å². The van der Waals surface area contributed by atoms with Crippen molar-refractivity contribution in [3.8, 4) is 0 Å². The highest BCUT2D eigenvalue weighted by Gasteiger charge is 2.08. The van der Waals surface area contributed by atoms with E-state index in [0.29, 0.717) is 12.1 Å². The molecule has 0 fully saturated rings. The number of halogens is 3. The number of carbonyl (C=O) groups is 1. The van der Waals surface area contributed by atoms with Gasteiger partial charge in [0.05, 0.1) is 0 Å². The molecule has 1 aromatic carbocycles. The number of carboxylic acid groups (broad SMARTS) is 1. The van der Waals surface area contributed by atoms with E-state index < -0.39 is 23.4 Å². The average molecular weight is 216 g/mol. The van der Waals surface area contributed by atoms with Gasteiger partial charge in [0.1, 0.15) is 5.82 Å². The van der Waals surface area contributed by atoms with Gasteiger partial charge in [0.15, 0.2) is 11.6 Å². The summed E-state index contributed by atoms with van der Waals surface area (Å²) in [6.45, 7) is 0. The molecule has 80 valence electrons. The quantitative estimate of drug-likeness (QED) is 0.621. The number of hydrogen-bond acceptors (Lipinski definition) is 1. The van der Waals surface area contributed by atoms with Crippen LogP contribution in [0.4, 0.5) is 13.2 Å². The van der Waals surface area contributed by atoms with Crippen molar-refractivity contribution in [1.82, 2.24) is 0 Å². The lowest BCUT2D eigenvalue weighted by molar-refractivity contribution is -0.131. The van der Waals surface area contributed by atoms with Crippen LogP contribution in [0.5, 0.6) is 0 Å². The van der Waals surface area contributed by atoms with E-state index in [4.69, 9.17) is 5.11 Å². The van der Waals surface area contributed by atoms with Gasteiger partial charge in [-0.15, -0.1) is 0 Å². The fourth-order valence-corrected chi connectivity index (χ4v) is 1.01. The summed E-state index contributed by atoms with van der Waals surface area (Å²) in [5.41, 5.74) is -0.0913. The van der Waals surface area contributed by atoms with Crippen LogP contribution in [-0.2, 0) is 11.2 Å². The molecule has 0 aliphatic carbocycles. The van der Waals surface area contributed by atoms with Crippen LogP contribution in [0.1, 0.15) is 5.56 Å². The molecule has 1 aromatic rings. The van der Waals surface area contributed by atoms with Crippen LogP contribution in [0, 0.1) is 17.5 Å². The van der Waals surface area contributed by atoms with Crippen molar-refractivity contribution in [3.63, 3.8) is 0 Å². The van der Waals surface area contributed by atoms with Crippen LogP contribution in [0.3, 0.4) is 0 Å². The number of rotatable bonds is 3. The maximum Gasteiger partial charge on any atom is 0.327 e. The van der Waals surface area contributed by atoms with Gasteiger partial charge in [0.2, 0.25) is 0 Å². The topological polar surface area (TPSA) is 37.3 Å². The van der Waals surface area contributed by atoms with E-state index in [1.165, 1.54) is 0 Å². The molecule has 0 aliphatic heterocycles. The van der Waals surface area contributed by atoms with Gasteiger partial charge in [-0.3, -0.25) is 0 Å². The molecular weight excluding hydrogens is 209 g/mol. The lowest BCUT2D eigenvalue weighted by Gasteiger charge is -2.00. The molecule has 0 aliphatic rings. The molecule has 0 aromatic heterocycles. The molecule has 2 nitrogen and oxygen atoms in total. The zero-order chi connectivity index (χ0) is 11.4. The van der Waals surface area contributed by atoms with Crippen molar-refractivity contribution < 1.29 is 23.1 Å². The molecule has 0 saturated heterocycles. The highest BCUT2D eigenvalue weighted by Crippen LogP contribution is 2.14. The van der Waals surface area contributed by atoms with Crippen molar-refractivity contribution in [2.75, 3.05) is 0 Å². The Labute approximate surface area is 83.7 Å². The molecule has 0 amide bonds. The second-order valence-corrected chi connectivity index (χ2v) is 2.80. The summed E-state index contributed by atoms with van der Waals surface area (Å²) in [6, 6.07) is 1.14. The molecule has 0 atom stereocenters. The Balaban J connectivity index is 2.86. The molecule has 0 saturated carbocycles. The Morgan fingerprint density at radius 2 is 1.80 bits per heavy atom. The molecular formula is C10H7F3O2. The highest BCUT2D eigenvalue weighted by molar-refractivity contribution is 5.79. The van der Waals surface area contributed by atoms with Gasteiger partial charge in [-0.05, 0) is 18.1 Å².